The smallest absolute Gasteiger partial charge is 0.343 e. The van der Waals surface area contributed by atoms with E-state index in [0.29, 0.717) is 17.0 Å². The molecule has 0 saturated heterocycles. The van der Waals surface area contributed by atoms with Gasteiger partial charge in [-0.15, -0.1) is 0 Å². The summed E-state index contributed by atoms with van der Waals surface area (Å²) in [6.45, 7) is 0. The van der Waals surface area contributed by atoms with E-state index in [4.69, 9.17) is 19.3 Å². The third-order valence-corrected chi connectivity index (χ3v) is 4.16. The van der Waals surface area contributed by atoms with Crippen LogP contribution in [0.15, 0.2) is 36.4 Å². The Kier molecular flexibility index (Phi) is 4.98. The van der Waals surface area contributed by atoms with Gasteiger partial charge in [0.1, 0.15) is 11.7 Å². The SMILES string of the molecule is COc1ccc2c(c1OC)C(=O)O[C@@H]2CC(=O)Nc1ccc(C(=O)O)cc1. The molecule has 2 aromatic rings. The molecule has 0 spiro atoms. The van der Waals surface area contributed by atoms with Crippen LogP contribution < -0.4 is 14.8 Å². The maximum absolute atomic E-state index is 12.3. The van der Waals surface area contributed by atoms with Gasteiger partial charge in [-0.3, -0.25) is 4.79 Å². The van der Waals surface area contributed by atoms with Crippen LogP contribution in [-0.2, 0) is 9.53 Å². The van der Waals surface area contributed by atoms with Crippen molar-refractivity contribution in [3.63, 3.8) is 0 Å². The predicted octanol–water partition coefficient (Wildman–Crippen LogP) is 2.64. The predicted molar refractivity (Wildman–Crippen MR) is 94.4 cm³/mol. The van der Waals surface area contributed by atoms with E-state index in [2.05, 4.69) is 5.32 Å². The number of ether oxygens (including phenoxy) is 3. The lowest BCUT2D eigenvalue weighted by molar-refractivity contribution is -0.118. The van der Waals surface area contributed by atoms with E-state index in [1.807, 2.05) is 0 Å². The highest BCUT2D eigenvalue weighted by molar-refractivity contribution is 5.99. The summed E-state index contributed by atoms with van der Waals surface area (Å²) in [4.78, 5) is 35.4. The first-order valence-electron chi connectivity index (χ1n) is 8.03. The summed E-state index contributed by atoms with van der Waals surface area (Å²) in [5, 5.41) is 11.5. The number of amides is 1. The Labute approximate surface area is 154 Å². The first kappa shape index (κ1) is 18.2. The number of hydrogen-bond acceptors (Lipinski definition) is 6. The van der Waals surface area contributed by atoms with Crippen LogP contribution >= 0.6 is 0 Å². The van der Waals surface area contributed by atoms with Crippen LogP contribution in [0.4, 0.5) is 5.69 Å². The Morgan fingerprint density at radius 3 is 2.41 bits per heavy atom. The fourth-order valence-corrected chi connectivity index (χ4v) is 2.90. The van der Waals surface area contributed by atoms with Gasteiger partial charge in [0.05, 0.1) is 26.2 Å². The summed E-state index contributed by atoms with van der Waals surface area (Å²) in [5.74, 6) is -1.33. The van der Waals surface area contributed by atoms with Crippen molar-refractivity contribution < 1.29 is 33.7 Å². The molecule has 1 aliphatic rings. The second kappa shape index (κ2) is 7.36. The van der Waals surface area contributed by atoms with Gasteiger partial charge in [0, 0.05) is 11.3 Å². The highest BCUT2D eigenvalue weighted by atomic mass is 16.6. The minimum absolute atomic E-state index is 0.0884. The second-order valence-corrected chi connectivity index (χ2v) is 5.79. The number of fused-ring (bicyclic) bond motifs is 1. The molecular formula is C19H17NO7. The highest BCUT2D eigenvalue weighted by Gasteiger charge is 2.36. The van der Waals surface area contributed by atoms with Crippen LogP contribution in [0.2, 0.25) is 0 Å². The molecule has 2 N–H and O–H groups in total. The summed E-state index contributed by atoms with van der Waals surface area (Å²) in [6, 6.07) is 9.07. The van der Waals surface area contributed by atoms with Crippen LogP contribution in [0.3, 0.4) is 0 Å². The Morgan fingerprint density at radius 2 is 1.81 bits per heavy atom. The molecule has 3 rings (SSSR count). The molecule has 0 unspecified atom stereocenters. The molecule has 27 heavy (non-hydrogen) atoms. The zero-order valence-electron chi connectivity index (χ0n) is 14.6. The van der Waals surface area contributed by atoms with E-state index in [-0.39, 0.29) is 29.2 Å². The molecule has 2 aromatic carbocycles. The summed E-state index contributed by atoms with van der Waals surface area (Å²) in [6.07, 6.45) is -0.833. The number of carboxylic acid groups (broad SMARTS) is 1. The fourth-order valence-electron chi connectivity index (χ4n) is 2.90. The first-order chi connectivity index (χ1) is 12.9. The van der Waals surface area contributed by atoms with Crippen molar-refractivity contribution in [2.75, 3.05) is 19.5 Å². The Hall–Kier alpha value is -3.55. The zero-order chi connectivity index (χ0) is 19.6. The number of rotatable bonds is 6. The van der Waals surface area contributed by atoms with Crippen molar-refractivity contribution >= 4 is 23.5 Å². The van der Waals surface area contributed by atoms with Crippen molar-refractivity contribution in [1.29, 1.82) is 0 Å². The van der Waals surface area contributed by atoms with Crippen LogP contribution in [0, 0.1) is 0 Å². The number of esters is 1. The van der Waals surface area contributed by atoms with Gasteiger partial charge in [-0.2, -0.15) is 0 Å². The Balaban J connectivity index is 1.75. The van der Waals surface area contributed by atoms with Gasteiger partial charge >= 0.3 is 11.9 Å². The molecule has 140 valence electrons. The summed E-state index contributed by atoms with van der Waals surface area (Å²) >= 11 is 0. The van der Waals surface area contributed by atoms with Gasteiger partial charge in [-0.05, 0) is 30.3 Å². The van der Waals surface area contributed by atoms with Gasteiger partial charge in [0.25, 0.3) is 0 Å². The molecule has 8 nitrogen and oxygen atoms in total. The van der Waals surface area contributed by atoms with Crippen LogP contribution in [0.5, 0.6) is 11.5 Å². The number of nitrogens with one attached hydrogen (secondary N) is 1. The van der Waals surface area contributed by atoms with Crippen LogP contribution in [0.1, 0.15) is 38.8 Å². The molecule has 1 amide bonds. The first-order valence-corrected chi connectivity index (χ1v) is 8.03. The number of methoxy groups -OCH3 is 2. The molecule has 0 saturated carbocycles. The molecule has 1 heterocycles. The van der Waals surface area contributed by atoms with Crippen molar-refractivity contribution in [2.24, 2.45) is 0 Å². The summed E-state index contributed by atoms with van der Waals surface area (Å²) in [5.41, 5.74) is 1.36. The number of hydrogen-bond donors (Lipinski definition) is 2. The monoisotopic (exact) mass is 371 g/mol. The normalized spacial score (nSPS) is 14.9. The highest BCUT2D eigenvalue weighted by Crippen LogP contribution is 2.43. The second-order valence-electron chi connectivity index (χ2n) is 5.79. The van der Waals surface area contributed by atoms with E-state index < -0.39 is 18.0 Å². The molecule has 0 radical (unpaired) electrons. The quantitative estimate of drug-likeness (QED) is 0.751. The third-order valence-electron chi connectivity index (χ3n) is 4.16. The van der Waals surface area contributed by atoms with Crippen molar-refractivity contribution in [3.05, 3.63) is 53.1 Å². The molecular weight excluding hydrogens is 354 g/mol. The maximum Gasteiger partial charge on any atom is 0.343 e. The van der Waals surface area contributed by atoms with Crippen LogP contribution in [-0.4, -0.2) is 37.2 Å². The average molecular weight is 371 g/mol. The van der Waals surface area contributed by atoms with Gasteiger partial charge < -0.3 is 24.6 Å². The number of benzene rings is 2. The van der Waals surface area contributed by atoms with E-state index in [1.54, 1.807) is 12.1 Å². The van der Waals surface area contributed by atoms with Gasteiger partial charge in [-0.1, -0.05) is 6.07 Å². The Morgan fingerprint density at radius 1 is 1.11 bits per heavy atom. The van der Waals surface area contributed by atoms with E-state index >= 15 is 0 Å². The van der Waals surface area contributed by atoms with Crippen molar-refractivity contribution in [3.8, 4) is 11.5 Å². The number of carbonyl (C=O) groups is 3. The van der Waals surface area contributed by atoms with Crippen LogP contribution in [0.25, 0.3) is 0 Å². The lowest BCUT2D eigenvalue weighted by atomic mass is 10.0. The summed E-state index contributed by atoms with van der Waals surface area (Å²) in [7, 11) is 2.89. The third kappa shape index (κ3) is 3.55. The number of aromatic carboxylic acids is 1. The number of carboxylic acids is 1. The van der Waals surface area contributed by atoms with Gasteiger partial charge in [0.15, 0.2) is 11.5 Å². The maximum atomic E-state index is 12.3. The zero-order valence-corrected chi connectivity index (χ0v) is 14.6. The van der Waals surface area contributed by atoms with E-state index in [1.165, 1.54) is 38.5 Å². The van der Waals surface area contributed by atoms with Gasteiger partial charge in [0.2, 0.25) is 5.91 Å². The topological polar surface area (TPSA) is 111 Å². The lowest BCUT2D eigenvalue weighted by Gasteiger charge is -2.12. The Bertz CT molecular complexity index is 905. The lowest BCUT2D eigenvalue weighted by Crippen LogP contribution is -2.15. The molecule has 8 heteroatoms. The standard InChI is InChI=1S/C19H17NO7/c1-25-13-8-7-12-14(27-19(24)16(12)17(13)26-2)9-15(21)20-11-5-3-10(4-6-11)18(22)23/h3-8,14H,9H2,1-2H3,(H,20,21)(H,22,23)/t14-/m1/s1. The molecule has 0 bridgehead atoms. The minimum atomic E-state index is -1.05. The largest absolute Gasteiger partial charge is 0.493 e. The fraction of sp³-hybridized carbons (Fsp3) is 0.211. The number of anilines is 1. The number of carbonyl (C=O) groups excluding carboxylic acids is 2. The van der Waals surface area contributed by atoms with Gasteiger partial charge in [-0.25, -0.2) is 9.59 Å². The average Bonchev–Trinajstić information content (AvgIpc) is 2.96. The molecule has 0 fully saturated rings. The van der Waals surface area contributed by atoms with Crippen molar-refractivity contribution in [1.82, 2.24) is 0 Å². The van der Waals surface area contributed by atoms with E-state index in [0.717, 1.165) is 0 Å². The molecule has 1 aliphatic heterocycles. The molecule has 0 aliphatic carbocycles. The summed E-state index contributed by atoms with van der Waals surface area (Å²) < 4.78 is 15.8. The molecule has 0 aromatic heterocycles. The van der Waals surface area contributed by atoms with Crippen molar-refractivity contribution in [2.45, 2.75) is 12.5 Å². The minimum Gasteiger partial charge on any atom is -0.493 e. The molecule has 1 atom stereocenters. The van der Waals surface area contributed by atoms with E-state index in [9.17, 15) is 14.4 Å². The number of cyclic esters (lactones) is 1.